The molecule has 3 N–H and O–H groups in total. The van der Waals surface area contributed by atoms with Crippen LogP contribution in [0.5, 0.6) is 0 Å². The number of aromatic nitrogens is 1. The largest absolute Gasteiger partial charge is 0.394 e. The maximum atomic E-state index is 9.09. The van der Waals surface area contributed by atoms with Gasteiger partial charge in [-0.15, -0.1) is 11.3 Å². The van der Waals surface area contributed by atoms with Crippen molar-refractivity contribution in [2.45, 2.75) is 26.5 Å². The highest BCUT2D eigenvalue weighted by molar-refractivity contribution is 7.11. The fraction of sp³-hybridized carbons (Fsp3) is 0.667. The van der Waals surface area contributed by atoms with Crippen molar-refractivity contribution in [2.24, 2.45) is 0 Å². The Morgan fingerprint density at radius 1 is 1.50 bits per heavy atom. The molecule has 0 fully saturated rings. The van der Waals surface area contributed by atoms with Crippen molar-refractivity contribution in [3.05, 3.63) is 15.6 Å². The average Bonchev–Trinajstić information content (AvgIpc) is 2.45. The Hall–Kier alpha value is -0.490. The van der Waals surface area contributed by atoms with E-state index in [0.29, 0.717) is 13.1 Å². The number of hydrogen-bond acceptors (Lipinski definition) is 5. The van der Waals surface area contributed by atoms with Gasteiger partial charge in [-0.25, -0.2) is 4.98 Å². The van der Waals surface area contributed by atoms with Crippen molar-refractivity contribution < 1.29 is 10.2 Å². The standard InChI is InChI=1S/C9H16N2O2S/c1-6-9(14-7(2)11-6)4-10-3-8(13)5-12/h8,10,12-13H,3-5H2,1-2H3. The maximum Gasteiger partial charge on any atom is 0.0900 e. The van der Waals surface area contributed by atoms with Gasteiger partial charge in [-0.3, -0.25) is 0 Å². The number of nitrogens with one attached hydrogen (secondary N) is 1. The minimum atomic E-state index is -0.677. The molecule has 1 rings (SSSR count). The van der Waals surface area contributed by atoms with Crippen LogP contribution in [0.3, 0.4) is 0 Å². The van der Waals surface area contributed by atoms with Crippen molar-refractivity contribution >= 4 is 11.3 Å². The Labute approximate surface area is 87.6 Å². The zero-order chi connectivity index (χ0) is 10.6. The first-order valence-electron chi connectivity index (χ1n) is 4.56. The normalized spacial score (nSPS) is 13.1. The van der Waals surface area contributed by atoms with Crippen molar-refractivity contribution in [3.63, 3.8) is 0 Å². The summed E-state index contributed by atoms with van der Waals surface area (Å²) in [6, 6.07) is 0. The number of thiazole rings is 1. The highest BCUT2D eigenvalue weighted by Gasteiger charge is 2.05. The van der Waals surface area contributed by atoms with Crippen LogP contribution in [-0.4, -0.2) is 34.5 Å². The van der Waals surface area contributed by atoms with Crippen LogP contribution in [-0.2, 0) is 6.54 Å². The van der Waals surface area contributed by atoms with Crippen LogP contribution in [0.4, 0.5) is 0 Å². The van der Waals surface area contributed by atoms with E-state index < -0.39 is 6.10 Å². The van der Waals surface area contributed by atoms with E-state index >= 15 is 0 Å². The molecule has 0 aliphatic heterocycles. The predicted molar refractivity (Wildman–Crippen MR) is 56.4 cm³/mol. The van der Waals surface area contributed by atoms with E-state index in [1.807, 2.05) is 13.8 Å². The maximum absolute atomic E-state index is 9.09. The minimum Gasteiger partial charge on any atom is -0.394 e. The van der Waals surface area contributed by atoms with Crippen LogP contribution in [0.15, 0.2) is 0 Å². The first-order valence-corrected chi connectivity index (χ1v) is 5.37. The lowest BCUT2D eigenvalue weighted by Crippen LogP contribution is -2.28. The summed E-state index contributed by atoms with van der Waals surface area (Å²) in [6.45, 7) is 4.86. The second-order valence-corrected chi connectivity index (χ2v) is 4.50. The van der Waals surface area contributed by atoms with E-state index in [4.69, 9.17) is 10.2 Å². The molecule has 4 nitrogen and oxygen atoms in total. The van der Waals surface area contributed by atoms with E-state index in [1.165, 1.54) is 4.88 Å². The topological polar surface area (TPSA) is 65.4 Å². The molecule has 0 radical (unpaired) electrons. The second-order valence-electron chi connectivity index (χ2n) is 3.21. The lowest BCUT2D eigenvalue weighted by molar-refractivity contribution is 0.0943. The zero-order valence-electron chi connectivity index (χ0n) is 8.45. The first-order chi connectivity index (χ1) is 6.63. The molecule has 14 heavy (non-hydrogen) atoms. The van der Waals surface area contributed by atoms with E-state index in [2.05, 4.69) is 10.3 Å². The van der Waals surface area contributed by atoms with Crippen LogP contribution >= 0.6 is 11.3 Å². The molecule has 1 unspecified atom stereocenters. The van der Waals surface area contributed by atoms with Crippen LogP contribution in [0.25, 0.3) is 0 Å². The molecular weight excluding hydrogens is 200 g/mol. The lowest BCUT2D eigenvalue weighted by Gasteiger charge is -2.07. The molecule has 1 atom stereocenters. The Kier molecular flexibility index (Phi) is 4.47. The summed E-state index contributed by atoms with van der Waals surface area (Å²) in [5, 5.41) is 21.8. The van der Waals surface area contributed by atoms with Gasteiger partial charge in [-0.05, 0) is 13.8 Å². The van der Waals surface area contributed by atoms with Gasteiger partial charge in [0, 0.05) is 18.0 Å². The molecule has 80 valence electrons. The summed E-state index contributed by atoms with van der Waals surface area (Å²) >= 11 is 1.66. The molecule has 1 aromatic heterocycles. The fourth-order valence-electron chi connectivity index (χ4n) is 1.15. The van der Waals surface area contributed by atoms with Gasteiger partial charge >= 0.3 is 0 Å². The highest BCUT2D eigenvalue weighted by Crippen LogP contribution is 2.16. The van der Waals surface area contributed by atoms with E-state index in [9.17, 15) is 0 Å². The number of nitrogens with zero attached hydrogens (tertiary/aromatic N) is 1. The molecule has 1 aromatic rings. The second kappa shape index (κ2) is 5.41. The van der Waals surface area contributed by atoms with Crippen LogP contribution in [0.1, 0.15) is 15.6 Å². The molecule has 0 aromatic carbocycles. The summed E-state index contributed by atoms with van der Waals surface area (Å²) in [6.07, 6.45) is -0.677. The third-order valence-electron chi connectivity index (χ3n) is 1.88. The van der Waals surface area contributed by atoms with Crippen molar-refractivity contribution in [1.29, 1.82) is 0 Å². The molecule has 0 amide bonds. The summed E-state index contributed by atoms with van der Waals surface area (Å²) in [5.41, 5.74) is 1.04. The molecule has 1 heterocycles. The average molecular weight is 216 g/mol. The smallest absolute Gasteiger partial charge is 0.0900 e. The number of aliphatic hydroxyl groups excluding tert-OH is 2. The van der Waals surface area contributed by atoms with E-state index in [1.54, 1.807) is 11.3 Å². The molecule has 5 heteroatoms. The summed E-state index contributed by atoms with van der Waals surface area (Å²) < 4.78 is 0. The lowest BCUT2D eigenvalue weighted by atomic mass is 10.3. The predicted octanol–water partition coefficient (Wildman–Crippen LogP) is 0.203. The van der Waals surface area contributed by atoms with Gasteiger partial charge in [-0.1, -0.05) is 0 Å². The third kappa shape index (κ3) is 3.34. The van der Waals surface area contributed by atoms with Gasteiger partial charge in [0.05, 0.1) is 23.4 Å². The Balaban J connectivity index is 2.34. The van der Waals surface area contributed by atoms with Gasteiger partial charge in [0.1, 0.15) is 0 Å². The molecule has 0 aliphatic carbocycles. The summed E-state index contributed by atoms with van der Waals surface area (Å²) in [4.78, 5) is 5.48. The van der Waals surface area contributed by atoms with E-state index in [0.717, 1.165) is 10.7 Å². The highest BCUT2D eigenvalue weighted by atomic mass is 32.1. The van der Waals surface area contributed by atoms with Crippen LogP contribution in [0, 0.1) is 13.8 Å². The number of aliphatic hydroxyl groups is 2. The monoisotopic (exact) mass is 216 g/mol. The Morgan fingerprint density at radius 3 is 2.71 bits per heavy atom. The zero-order valence-corrected chi connectivity index (χ0v) is 9.27. The van der Waals surface area contributed by atoms with Gasteiger partial charge in [0.2, 0.25) is 0 Å². The first kappa shape index (κ1) is 11.6. The number of rotatable bonds is 5. The molecule has 0 aliphatic rings. The van der Waals surface area contributed by atoms with Crippen LogP contribution < -0.4 is 5.32 Å². The van der Waals surface area contributed by atoms with Crippen molar-refractivity contribution in [1.82, 2.24) is 10.3 Å². The van der Waals surface area contributed by atoms with Crippen LogP contribution in [0.2, 0.25) is 0 Å². The van der Waals surface area contributed by atoms with Crippen molar-refractivity contribution in [2.75, 3.05) is 13.2 Å². The fourth-order valence-corrected chi connectivity index (χ4v) is 2.06. The minimum absolute atomic E-state index is 0.201. The van der Waals surface area contributed by atoms with Crippen molar-refractivity contribution in [3.8, 4) is 0 Å². The quantitative estimate of drug-likeness (QED) is 0.658. The molecular formula is C9H16N2O2S. The Morgan fingerprint density at radius 2 is 2.21 bits per heavy atom. The molecule has 0 bridgehead atoms. The third-order valence-corrected chi connectivity index (χ3v) is 2.95. The summed E-state index contributed by atoms with van der Waals surface area (Å²) in [5.74, 6) is 0. The number of hydrogen-bond donors (Lipinski definition) is 3. The van der Waals surface area contributed by atoms with Gasteiger partial charge < -0.3 is 15.5 Å². The van der Waals surface area contributed by atoms with E-state index in [-0.39, 0.29) is 6.61 Å². The summed E-state index contributed by atoms with van der Waals surface area (Å²) in [7, 11) is 0. The molecule has 0 saturated carbocycles. The Bertz CT molecular complexity index is 288. The van der Waals surface area contributed by atoms with Gasteiger partial charge in [-0.2, -0.15) is 0 Å². The number of aryl methyl sites for hydroxylation is 2. The SMILES string of the molecule is Cc1nc(C)c(CNCC(O)CO)s1. The molecule has 0 saturated heterocycles. The van der Waals surface area contributed by atoms with Gasteiger partial charge in [0.15, 0.2) is 0 Å². The van der Waals surface area contributed by atoms with Gasteiger partial charge in [0.25, 0.3) is 0 Å². The molecule has 0 spiro atoms.